The smallest absolute Gasteiger partial charge is 0.251 e. The highest BCUT2D eigenvalue weighted by Crippen LogP contribution is 2.22. The Morgan fingerprint density at radius 2 is 2.00 bits per heavy atom. The second-order valence-electron chi connectivity index (χ2n) is 5.26. The molecule has 100 valence electrons. The van der Waals surface area contributed by atoms with Crippen molar-refractivity contribution in [2.75, 3.05) is 0 Å². The zero-order valence-electron chi connectivity index (χ0n) is 10.8. The Balaban J connectivity index is 1.69. The lowest BCUT2D eigenvalue weighted by Gasteiger charge is -2.26. The molecule has 1 saturated carbocycles. The fourth-order valence-corrected chi connectivity index (χ4v) is 3.41. The summed E-state index contributed by atoms with van der Waals surface area (Å²) in [5.74, 6) is 0.0357. The predicted octanol–water partition coefficient (Wildman–Crippen LogP) is 2.90. The molecule has 1 amide bonds. The number of rotatable bonds is 2. The third-order valence-electron chi connectivity index (χ3n) is 3.82. The summed E-state index contributed by atoms with van der Waals surface area (Å²) < 4.78 is 1.22. The van der Waals surface area contributed by atoms with E-state index in [0.29, 0.717) is 6.04 Å². The highest BCUT2D eigenvalue weighted by atomic mass is 32.1. The van der Waals surface area contributed by atoms with Crippen molar-refractivity contribution < 1.29 is 4.79 Å². The molecule has 0 atom stereocenters. The van der Waals surface area contributed by atoms with E-state index in [1.165, 1.54) is 4.70 Å². The van der Waals surface area contributed by atoms with Crippen LogP contribution in [0.5, 0.6) is 0 Å². The molecule has 1 fully saturated rings. The minimum absolute atomic E-state index is 0.0357. The number of carbonyl (C=O) groups excluding carboxylic acids is 1. The largest absolute Gasteiger partial charge is 0.349 e. The summed E-state index contributed by atoms with van der Waals surface area (Å²) in [6.07, 6.45) is 4.00. The van der Waals surface area contributed by atoms with Crippen molar-refractivity contribution in [1.82, 2.24) is 5.32 Å². The molecular formula is C15H18N2OS. The van der Waals surface area contributed by atoms with E-state index < -0.39 is 0 Å². The lowest BCUT2D eigenvalue weighted by Crippen LogP contribution is -2.40. The summed E-state index contributed by atoms with van der Waals surface area (Å²) in [4.78, 5) is 12.2. The molecule has 0 bridgehead atoms. The van der Waals surface area contributed by atoms with Gasteiger partial charge in [0, 0.05) is 22.3 Å². The molecule has 0 unspecified atom stereocenters. The fourth-order valence-electron chi connectivity index (χ4n) is 2.64. The first-order valence-electron chi connectivity index (χ1n) is 6.76. The molecule has 1 aliphatic carbocycles. The summed E-state index contributed by atoms with van der Waals surface area (Å²) in [6, 6.07) is 8.54. The lowest BCUT2D eigenvalue weighted by molar-refractivity contribution is 0.0926. The number of hydrogen-bond donors (Lipinski definition) is 2. The number of nitrogens with one attached hydrogen (secondary N) is 1. The van der Waals surface area contributed by atoms with E-state index in [-0.39, 0.29) is 11.9 Å². The van der Waals surface area contributed by atoms with E-state index in [0.717, 1.165) is 36.6 Å². The number of benzene rings is 1. The first-order chi connectivity index (χ1) is 9.22. The first kappa shape index (κ1) is 12.6. The number of carbonyl (C=O) groups is 1. The second kappa shape index (κ2) is 5.31. The molecule has 0 radical (unpaired) electrons. The monoisotopic (exact) mass is 274 g/mol. The zero-order valence-corrected chi connectivity index (χ0v) is 11.6. The molecule has 3 nitrogen and oxygen atoms in total. The van der Waals surface area contributed by atoms with Gasteiger partial charge in [0.25, 0.3) is 5.91 Å². The van der Waals surface area contributed by atoms with Gasteiger partial charge in [-0.05, 0) is 60.7 Å². The van der Waals surface area contributed by atoms with Gasteiger partial charge in [-0.3, -0.25) is 4.79 Å². The van der Waals surface area contributed by atoms with Crippen molar-refractivity contribution in [3.05, 3.63) is 35.2 Å². The summed E-state index contributed by atoms with van der Waals surface area (Å²) in [7, 11) is 0. The highest BCUT2D eigenvalue weighted by Gasteiger charge is 2.20. The van der Waals surface area contributed by atoms with E-state index in [9.17, 15) is 4.79 Å². The lowest BCUT2D eigenvalue weighted by atomic mass is 9.91. The summed E-state index contributed by atoms with van der Waals surface area (Å²) in [5.41, 5.74) is 6.63. The highest BCUT2D eigenvalue weighted by molar-refractivity contribution is 7.17. The van der Waals surface area contributed by atoms with Crippen LogP contribution in [-0.2, 0) is 0 Å². The fraction of sp³-hybridized carbons (Fsp3) is 0.400. The molecule has 0 spiro atoms. The average molecular weight is 274 g/mol. The van der Waals surface area contributed by atoms with Gasteiger partial charge in [-0.25, -0.2) is 0 Å². The summed E-state index contributed by atoms with van der Waals surface area (Å²) >= 11 is 1.70. The summed E-state index contributed by atoms with van der Waals surface area (Å²) in [6.45, 7) is 0. The Morgan fingerprint density at radius 3 is 2.79 bits per heavy atom. The van der Waals surface area contributed by atoms with Crippen LogP contribution in [0.4, 0.5) is 0 Å². The minimum Gasteiger partial charge on any atom is -0.349 e. The normalized spacial score (nSPS) is 23.4. The van der Waals surface area contributed by atoms with Gasteiger partial charge in [0.05, 0.1) is 0 Å². The zero-order chi connectivity index (χ0) is 13.2. The molecule has 3 rings (SSSR count). The maximum absolute atomic E-state index is 12.2. The molecule has 0 aliphatic heterocycles. The Bertz CT molecular complexity index is 585. The van der Waals surface area contributed by atoms with Gasteiger partial charge in [-0.15, -0.1) is 11.3 Å². The quantitative estimate of drug-likeness (QED) is 0.884. The van der Waals surface area contributed by atoms with E-state index in [1.54, 1.807) is 11.3 Å². The average Bonchev–Trinajstić information content (AvgIpc) is 2.88. The third-order valence-corrected chi connectivity index (χ3v) is 4.72. The van der Waals surface area contributed by atoms with Crippen LogP contribution in [0.2, 0.25) is 0 Å². The van der Waals surface area contributed by atoms with Crippen molar-refractivity contribution in [1.29, 1.82) is 0 Å². The Morgan fingerprint density at radius 1 is 1.21 bits per heavy atom. The molecule has 1 aliphatic rings. The van der Waals surface area contributed by atoms with E-state index in [4.69, 9.17) is 5.73 Å². The van der Waals surface area contributed by atoms with Gasteiger partial charge < -0.3 is 11.1 Å². The van der Waals surface area contributed by atoms with Gasteiger partial charge in [-0.2, -0.15) is 0 Å². The molecule has 2 aromatic rings. The van der Waals surface area contributed by atoms with Crippen LogP contribution in [0.15, 0.2) is 29.6 Å². The van der Waals surface area contributed by atoms with Crippen molar-refractivity contribution in [2.45, 2.75) is 37.8 Å². The van der Waals surface area contributed by atoms with Crippen LogP contribution in [-0.4, -0.2) is 18.0 Å². The van der Waals surface area contributed by atoms with Crippen LogP contribution < -0.4 is 11.1 Å². The second-order valence-corrected chi connectivity index (χ2v) is 6.21. The molecular weight excluding hydrogens is 256 g/mol. The predicted molar refractivity (Wildman–Crippen MR) is 79.5 cm³/mol. The molecule has 3 N–H and O–H groups in total. The van der Waals surface area contributed by atoms with Crippen LogP contribution >= 0.6 is 11.3 Å². The van der Waals surface area contributed by atoms with Crippen LogP contribution in [0.25, 0.3) is 10.1 Å². The number of nitrogens with two attached hydrogens (primary N) is 1. The van der Waals surface area contributed by atoms with Gasteiger partial charge in [-0.1, -0.05) is 0 Å². The number of hydrogen-bond acceptors (Lipinski definition) is 3. The van der Waals surface area contributed by atoms with Gasteiger partial charge in [0.15, 0.2) is 0 Å². The minimum atomic E-state index is 0.0357. The Labute approximate surface area is 116 Å². The Hall–Kier alpha value is -1.39. The molecule has 19 heavy (non-hydrogen) atoms. The van der Waals surface area contributed by atoms with E-state index in [2.05, 4.69) is 16.8 Å². The van der Waals surface area contributed by atoms with Crippen molar-refractivity contribution in [3.8, 4) is 0 Å². The van der Waals surface area contributed by atoms with Crippen molar-refractivity contribution >= 4 is 27.3 Å². The van der Waals surface area contributed by atoms with Crippen LogP contribution in [0.3, 0.4) is 0 Å². The Kier molecular flexibility index (Phi) is 3.53. The number of thiophene rings is 1. The number of amides is 1. The molecule has 1 heterocycles. The van der Waals surface area contributed by atoms with Gasteiger partial charge >= 0.3 is 0 Å². The maximum atomic E-state index is 12.2. The standard InChI is InChI=1S/C15H18N2OS/c16-12-2-4-13(5-3-12)17-15(18)11-1-6-14-10(9-11)7-8-19-14/h1,6-9,12-13H,2-5,16H2,(H,17,18). The van der Waals surface area contributed by atoms with E-state index >= 15 is 0 Å². The molecule has 0 saturated heterocycles. The number of fused-ring (bicyclic) bond motifs is 1. The van der Waals surface area contributed by atoms with Crippen LogP contribution in [0, 0.1) is 0 Å². The van der Waals surface area contributed by atoms with E-state index in [1.807, 2.05) is 18.2 Å². The molecule has 4 heteroatoms. The molecule has 1 aromatic carbocycles. The van der Waals surface area contributed by atoms with Crippen LogP contribution in [0.1, 0.15) is 36.0 Å². The topological polar surface area (TPSA) is 55.1 Å². The summed E-state index contributed by atoms with van der Waals surface area (Å²) in [5, 5.41) is 6.31. The molecule has 1 aromatic heterocycles. The van der Waals surface area contributed by atoms with Crippen molar-refractivity contribution in [2.24, 2.45) is 5.73 Å². The SMILES string of the molecule is NC1CCC(NC(=O)c2ccc3sccc3c2)CC1. The maximum Gasteiger partial charge on any atom is 0.251 e. The van der Waals surface area contributed by atoms with Gasteiger partial charge in [0.1, 0.15) is 0 Å². The van der Waals surface area contributed by atoms with Gasteiger partial charge in [0.2, 0.25) is 0 Å². The first-order valence-corrected chi connectivity index (χ1v) is 7.64. The third kappa shape index (κ3) is 2.80. The van der Waals surface area contributed by atoms with Crippen molar-refractivity contribution in [3.63, 3.8) is 0 Å².